The third-order valence-electron chi connectivity index (χ3n) is 2.62. The number of ether oxygens (including phenoxy) is 1. The van der Waals surface area contributed by atoms with Crippen molar-refractivity contribution in [2.45, 2.75) is 32.4 Å². The molecule has 2 rings (SSSR count). The van der Waals surface area contributed by atoms with Crippen LogP contribution in [-0.4, -0.2) is 34.3 Å². The van der Waals surface area contributed by atoms with Gasteiger partial charge in [-0.1, -0.05) is 12.1 Å². The Labute approximate surface area is 129 Å². The van der Waals surface area contributed by atoms with Gasteiger partial charge in [-0.25, -0.2) is 0 Å². The molecule has 4 nitrogen and oxygen atoms in total. The van der Waals surface area contributed by atoms with Crippen LogP contribution in [0.15, 0.2) is 24.3 Å². The summed E-state index contributed by atoms with van der Waals surface area (Å²) in [4.78, 5) is 0. The van der Waals surface area contributed by atoms with Crippen LogP contribution < -0.4 is 10.1 Å². The van der Waals surface area contributed by atoms with Crippen molar-refractivity contribution in [3.8, 4) is 5.88 Å². The molecule has 1 unspecified atom stereocenters. The van der Waals surface area contributed by atoms with Gasteiger partial charge in [0.2, 0.25) is 5.88 Å². The second kappa shape index (κ2) is 7.22. The fourth-order valence-corrected chi connectivity index (χ4v) is 2.35. The summed E-state index contributed by atoms with van der Waals surface area (Å²) in [5.41, 5.74) is -0.00565. The predicted octanol–water partition coefficient (Wildman–Crippen LogP) is 2.85. The Bertz CT molecular complexity index is 539. The lowest BCUT2D eigenvalue weighted by molar-refractivity contribution is 0.0990. The number of aliphatic hydroxyl groups is 1. The van der Waals surface area contributed by atoms with E-state index < -0.39 is 6.10 Å². The molecule has 0 amide bonds. The second-order valence-electron chi connectivity index (χ2n) is 5.58. The summed E-state index contributed by atoms with van der Waals surface area (Å²) in [7, 11) is 0. The minimum absolute atomic E-state index is 0. The molecule has 0 spiro atoms. The summed E-state index contributed by atoms with van der Waals surface area (Å²) in [6.07, 6.45) is -0.542. The van der Waals surface area contributed by atoms with Crippen molar-refractivity contribution in [3.05, 3.63) is 24.3 Å². The van der Waals surface area contributed by atoms with Gasteiger partial charge in [-0.05, 0) is 44.4 Å². The van der Waals surface area contributed by atoms with E-state index in [1.807, 2.05) is 24.3 Å². The van der Waals surface area contributed by atoms with Crippen molar-refractivity contribution in [3.63, 3.8) is 0 Å². The van der Waals surface area contributed by atoms with E-state index in [4.69, 9.17) is 4.74 Å². The van der Waals surface area contributed by atoms with E-state index in [0.29, 0.717) is 12.4 Å². The van der Waals surface area contributed by atoms with Gasteiger partial charge in [-0.15, -0.1) is 12.4 Å². The first-order valence-corrected chi connectivity index (χ1v) is 7.13. The van der Waals surface area contributed by atoms with Gasteiger partial charge in [0.15, 0.2) is 0 Å². The number of nitrogens with one attached hydrogen (secondary N) is 1. The molecule has 2 aromatic rings. The fraction of sp³-hybridized carbons (Fsp3) is 0.500. The topological polar surface area (TPSA) is 54.4 Å². The number of rotatable bonds is 5. The number of nitrogens with zero attached hydrogens (tertiary/aromatic N) is 1. The molecule has 0 radical (unpaired) electrons. The zero-order chi connectivity index (χ0) is 13.9. The summed E-state index contributed by atoms with van der Waals surface area (Å²) < 4.78 is 11.0. The van der Waals surface area contributed by atoms with Crippen LogP contribution in [0.5, 0.6) is 5.88 Å². The number of benzene rings is 1. The molecule has 2 N–H and O–H groups in total. The molecule has 0 aliphatic carbocycles. The molecule has 1 aromatic heterocycles. The number of fused-ring (bicyclic) bond motifs is 1. The van der Waals surface area contributed by atoms with Gasteiger partial charge in [-0.3, -0.25) is 0 Å². The Hall–Kier alpha value is -0.880. The maximum Gasteiger partial charge on any atom is 0.233 e. The Kier molecular flexibility index (Phi) is 6.20. The molecule has 0 saturated carbocycles. The minimum Gasteiger partial charge on any atom is -0.474 e. The van der Waals surface area contributed by atoms with Crippen LogP contribution in [0.3, 0.4) is 0 Å². The smallest absolute Gasteiger partial charge is 0.233 e. The van der Waals surface area contributed by atoms with E-state index >= 15 is 0 Å². The Morgan fingerprint density at radius 1 is 1.35 bits per heavy atom. The molecule has 0 aliphatic rings. The number of β-amino-alcohol motifs (C(OH)–C–C–N with tert-alkyl or cyclic N) is 1. The molecule has 20 heavy (non-hydrogen) atoms. The largest absolute Gasteiger partial charge is 0.474 e. The number of hydrogen-bond donors (Lipinski definition) is 2. The summed E-state index contributed by atoms with van der Waals surface area (Å²) in [5, 5.41) is 14.1. The number of halogens is 1. The highest BCUT2D eigenvalue weighted by molar-refractivity contribution is 7.13. The highest BCUT2D eigenvalue weighted by Crippen LogP contribution is 2.27. The van der Waals surface area contributed by atoms with Gasteiger partial charge in [-0.2, -0.15) is 4.37 Å². The normalized spacial score (nSPS) is 13.0. The molecular weight excluding hydrogens is 296 g/mol. The quantitative estimate of drug-likeness (QED) is 0.890. The summed E-state index contributed by atoms with van der Waals surface area (Å²) in [6, 6.07) is 7.93. The molecule has 112 valence electrons. The monoisotopic (exact) mass is 316 g/mol. The number of aliphatic hydroxyl groups excluding tert-OH is 1. The van der Waals surface area contributed by atoms with Crippen molar-refractivity contribution >= 4 is 34.0 Å². The van der Waals surface area contributed by atoms with Gasteiger partial charge in [0.25, 0.3) is 0 Å². The molecule has 0 aliphatic heterocycles. The van der Waals surface area contributed by atoms with Crippen molar-refractivity contribution < 1.29 is 9.84 Å². The van der Waals surface area contributed by atoms with Gasteiger partial charge in [0, 0.05) is 12.1 Å². The highest BCUT2D eigenvalue weighted by atomic mass is 35.5. The third-order valence-corrected chi connectivity index (χ3v) is 3.43. The van der Waals surface area contributed by atoms with E-state index in [1.165, 1.54) is 11.5 Å². The molecular formula is C14H21ClN2O2S. The van der Waals surface area contributed by atoms with Crippen LogP contribution in [0.25, 0.3) is 10.1 Å². The summed E-state index contributed by atoms with van der Waals surface area (Å²) in [6.45, 7) is 6.94. The van der Waals surface area contributed by atoms with Crippen LogP contribution >= 0.6 is 23.9 Å². The zero-order valence-corrected chi connectivity index (χ0v) is 13.6. The molecule has 0 fully saturated rings. The molecule has 1 atom stereocenters. The SMILES string of the molecule is CC(C)(C)NCC(O)COc1nsc2ccccc12.Cl. The summed E-state index contributed by atoms with van der Waals surface area (Å²) in [5.74, 6) is 0.607. The lowest BCUT2D eigenvalue weighted by Gasteiger charge is -2.22. The Morgan fingerprint density at radius 3 is 2.75 bits per heavy atom. The van der Waals surface area contributed by atoms with Crippen LogP contribution in [0.1, 0.15) is 20.8 Å². The maximum absolute atomic E-state index is 9.87. The van der Waals surface area contributed by atoms with Gasteiger partial charge in [0.1, 0.15) is 12.7 Å². The second-order valence-corrected chi connectivity index (χ2v) is 6.38. The van der Waals surface area contributed by atoms with Crippen LogP contribution in [0.4, 0.5) is 0 Å². The van der Waals surface area contributed by atoms with Crippen LogP contribution in [0.2, 0.25) is 0 Å². The summed E-state index contributed by atoms with van der Waals surface area (Å²) >= 11 is 1.41. The van der Waals surface area contributed by atoms with Crippen molar-refractivity contribution in [1.82, 2.24) is 9.69 Å². The van der Waals surface area contributed by atoms with Crippen LogP contribution in [-0.2, 0) is 0 Å². The maximum atomic E-state index is 9.87. The number of hydrogen-bond acceptors (Lipinski definition) is 5. The van der Waals surface area contributed by atoms with E-state index in [1.54, 1.807) is 0 Å². The van der Waals surface area contributed by atoms with E-state index in [2.05, 4.69) is 30.5 Å². The molecule has 1 heterocycles. The van der Waals surface area contributed by atoms with Gasteiger partial charge < -0.3 is 15.2 Å². The van der Waals surface area contributed by atoms with Gasteiger partial charge >= 0.3 is 0 Å². The van der Waals surface area contributed by atoms with Gasteiger partial charge in [0.05, 0.1) is 10.1 Å². The zero-order valence-electron chi connectivity index (χ0n) is 11.9. The van der Waals surface area contributed by atoms with Crippen molar-refractivity contribution in [2.24, 2.45) is 0 Å². The molecule has 1 aromatic carbocycles. The third kappa shape index (κ3) is 4.90. The predicted molar refractivity (Wildman–Crippen MR) is 86.1 cm³/mol. The average molecular weight is 317 g/mol. The van der Waals surface area contributed by atoms with E-state index in [-0.39, 0.29) is 24.6 Å². The minimum atomic E-state index is -0.542. The standard InChI is InChI=1S/C14H20N2O2S.ClH/c1-14(2,3)15-8-10(17)9-18-13-11-6-4-5-7-12(11)19-16-13;/h4-7,10,15,17H,8-9H2,1-3H3;1H. The first kappa shape index (κ1) is 17.2. The number of aromatic nitrogens is 1. The fourth-order valence-electron chi connectivity index (χ4n) is 1.62. The van der Waals surface area contributed by atoms with E-state index in [0.717, 1.165) is 10.1 Å². The lowest BCUT2D eigenvalue weighted by Crippen LogP contribution is -2.42. The average Bonchev–Trinajstić information content (AvgIpc) is 2.76. The van der Waals surface area contributed by atoms with Crippen molar-refractivity contribution in [1.29, 1.82) is 0 Å². The molecule has 0 saturated heterocycles. The Morgan fingerprint density at radius 2 is 2.05 bits per heavy atom. The molecule has 0 bridgehead atoms. The molecule has 6 heteroatoms. The highest BCUT2D eigenvalue weighted by Gasteiger charge is 2.14. The lowest BCUT2D eigenvalue weighted by atomic mass is 10.1. The first-order valence-electron chi connectivity index (χ1n) is 6.36. The van der Waals surface area contributed by atoms with Crippen LogP contribution in [0, 0.1) is 0 Å². The first-order chi connectivity index (χ1) is 8.96. The Balaban J connectivity index is 0.00000200. The van der Waals surface area contributed by atoms with Crippen molar-refractivity contribution in [2.75, 3.05) is 13.2 Å². The van der Waals surface area contributed by atoms with E-state index in [9.17, 15) is 5.11 Å².